The summed E-state index contributed by atoms with van der Waals surface area (Å²) in [4.78, 5) is 41.1. The third-order valence-electron chi connectivity index (χ3n) is 3.78. The Bertz CT molecular complexity index is 419. The average Bonchev–Trinajstić information content (AvgIpc) is 2.79. The molecule has 0 aromatic carbocycles. The number of rotatable bonds is 9. The van der Waals surface area contributed by atoms with Gasteiger partial charge in [0.2, 0.25) is 0 Å². The summed E-state index contributed by atoms with van der Waals surface area (Å²) in [5, 5.41) is 0. The first-order chi connectivity index (χ1) is 14.8. The Labute approximate surface area is 285 Å². The van der Waals surface area contributed by atoms with Crippen LogP contribution in [0.4, 0.5) is 0 Å². The van der Waals surface area contributed by atoms with E-state index in [4.69, 9.17) is 0 Å². The van der Waals surface area contributed by atoms with Gasteiger partial charge in [-0.05, 0) is 26.7 Å². The number of hydrogen-bond acceptors (Lipinski definition) is 8. The van der Waals surface area contributed by atoms with E-state index in [1.807, 2.05) is 27.7 Å². The Balaban J connectivity index is -0.0000000132. The van der Waals surface area contributed by atoms with Gasteiger partial charge in [0.25, 0.3) is 0 Å². The van der Waals surface area contributed by atoms with E-state index in [-0.39, 0.29) is 119 Å². The highest BCUT2D eigenvalue weighted by molar-refractivity contribution is 5.83. The fraction of sp³-hybridized carbons (Fsp3) is 0.889. The fourth-order valence-electron chi connectivity index (χ4n) is 1.25. The molecule has 0 aliphatic heterocycles. The molecule has 0 rings (SSSR count). The van der Waals surface area contributed by atoms with E-state index in [9.17, 15) is 19.2 Å². The van der Waals surface area contributed by atoms with Gasteiger partial charge < -0.3 is 18.9 Å². The lowest BCUT2D eigenvalue weighted by molar-refractivity contribution is -0.141. The summed E-state index contributed by atoms with van der Waals surface area (Å²) in [5.41, 5.74) is -0.0873. The predicted molar refractivity (Wildman–Crippen MR) is 209 cm³/mol. The van der Waals surface area contributed by atoms with Gasteiger partial charge in [-0.3, -0.25) is 19.2 Å². The van der Waals surface area contributed by atoms with Crippen LogP contribution in [0, 0.1) is 5.41 Å². The maximum absolute atomic E-state index is 11.3. The lowest BCUT2D eigenvalue weighted by atomic mass is 9.83. The summed E-state index contributed by atoms with van der Waals surface area (Å²) in [7, 11) is 5.94. The molecule has 0 N–H and O–H groups in total. The molecule has 0 aliphatic carbocycles. The van der Waals surface area contributed by atoms with Crippen LogP contribution in [0.1, 0.15) is 177 Å². The Kier molecular flexibility index (Phi) is 231. The first-order valence-electron chi connectivity index (χ1n) is 11.0. The molecule has 290 valence electrons. The minimum atomic E-state index is -0.157. The van der Waals surface area contributed by atoms with Crippen molar-refractivity contribution in [1.29, 1.82) is 0 Å². The average molecular weight is 659 g/mol. The molecule has 0 radical (unpaired) electrons. The van der Waals surface area contributed by atoms with Gasteiger partial charge in [-0.25, -0.2) is 0 Å². The van der Waals surface area contributed by atoms with Crippen LogP contribution in [0.5, 0.6) is 0 Å². The molecule has 0 fully saturated rings. The Hall–Kier alpha value is -1.80. The van der Waals surface area contributed by atoms with Crippen LogP contribution < -0.4 is 0 Å². The zero-order valence-electron chi connectivity index (χ0n) is 22.7. The molecular weight excluding hydrogens is 560 g/mol. The van der Waals surface area contributed by atoms with Gasteiger partial charge >= 0.3 is 11.9 Å². The van der Waals surface area contributed by atoms with Crippen molar-refractivity contribution in [3.63, 3.8) is 0 Å². The second-order valence-corrected chi connectivity index (χ2v) is 6.98. The SMILES string of the molecule is C.C.C.C.C.C.C.C.C.C.C.C.CCC(=O)OC.CCC(=O)OC.CCCC(=O)C(C)(C)CC.CCOC.COCC(C)=O. The van der Waals surface area contributed by atoms with Gasteiger partial charge in [-0.15, -0.1) is 0 Å². The highest BCUT2D eigenvalue weighted by Gasteiger charge is 2.23. The van der Waals surface area contributed by atoms with E-state index >= 15 is 0 Å². The standard InChI is InChI=1S/C9H18O.3C4H8O2.C3H8O.12CH4/c1-5-7-8(10)9(3,4)6-2;1-4(5)3-6-2;2*1-3-4(5)6-2;1-3-4-2;;;;;;;;;;;;/h5-7H2,1-4H3;3*3H2,1-2H3;3H2,1-2H3;12*1H4. The zero-order chi connectivity index (χ0) is 26.6. The van der Waals surface area contributed by atoms with Crippen molar-refractivity contribution in [2.75, 3.05) is 41.7 Å². The molecule has 0 unspecified atom stereocenters. The molecule has 0 aromatic rings. The maximum Gasteiger partial charge on any atom is 0.305 e. The second-order valence-electron chi connectivity index (χ2n) is 6.98. The van der Waals surface area contributed by atoms with E-state index < -0.39 is 0 Å². The quantitative estimate of drug-likeness (QED) is 0.225. The highest BCUT2D eigenvalue weighted by atomic mass is 16.5. The van der Waals surface area contributed by atoms with Crippen molar-refractivity contribution in [3.8, 4) is 0 Å². The van der Waals surface area contributed by atoms with Crippen LogP contribution in [-0.2, 0) is 38.1 Å². The first kappa shape index (κ1) is 113. The van der Waals surface area contributed by atoms with Gasteiger partial charge in [0.15, 0.2) is 5.78 Å². The topological polar surface area (TPSA) is 105 Å². The predicted octanol–water partition coefficient (Wildman–Crippen LogP) is 12.4. The summed E-state index contributed by atoms with van der Waals surface area (Å²) in [6.45, 7) is 16.2. The number of esters is 2. The number of methoxy groups -OCH3 is 4. The lowest BCUT2D eigenvalue weighted by Gasteiger charge is -2.19. The molecule has 0 bridgehead atoms. The van der Waals surface area contributed by atoms with Gasteiger partial charge in [-0.2, -0.15) is 0 Å². The largest absolute Gasteiger partial charge is 0.469 e. The summed E-state index contributed by atoms with van der Waals surface area (Å²) in [5.74, 6) is 0.153. The smallest absolute Gasteiger partial charge is 0.305 e. The van der Waals surface area contributed by atoms with Gasteiger partial charge in [0, 0.05) is 45.5 Å². The van der Waals surface area contributed by atoms with Crippen LogP contribution in [0.25, 0.3) is 0 Å². The van der Waals surface area contributed by atoms with E-state index in [0.717, 1.165) is 25.9 Å². The molecule has 8 heteroatoms. The highest BCUT2D eigenvalue weighted by Crippen LogP contribution is 2.22. The molecule has 0 saturated carbocycles. The van der Waals surface area contributed by atoms with Crippen molar-refractivity contribution in [2.24, 2.45) is 5.41 Å². The number of ether oxygens (including phenoxy) is 4. The molecule has 0 spiro atoms. The molecule has 8 nitrogen and oxygen atoms in total. The van der Waals surface area contributed by atoms with Crippen molar-refractivity contribution in [3.05, 3.63) is 0 Å². The van der Waals surface area contributed by atoms with Gasteiger partial charge in [0.05, 0.1) is 14.2 Å². The van der Waals surface area contributed by atoms with Crippen molar-refractivity contribution in [2.45, 2.75) is 177 Å². The van der Waals surface area contributed by atoms with Crippen LogP contribution in [0.15, 0.2) is 0 Å². The maximum atomic E-state index is 11.3. The number of carbonyl (C=O) groups is 4. The fourth-order valence-corrected chi connectivity index (χ4v) is 1.25. The van der Waals surface area contributed by atoms with E-state index in [2.05, 4.69) is 25.9 Å². The Morgan fingerprint density at radius 2 is 0.818 bits per heavy atom. The van der Waals surface area contributed by atoms with Crippen LogP contribution >= 0.6 is 0 Å². The molecule has 0 amide bonds. The van der Waals surface area contributed by atoms with Crippen LogP contribution in [0.2, 0.25) is 0 Å². The Morgan fingerprint density at radius 3 is 0.886 bits per heavy atom. The molecule has 0 aromatic heterocycles. The van der Waals surface area contributed by atoms with E-state index in [1.165, 1.54) is 28.3 Å². The van der Waals surface area contributed by atoms with Crippen molar-refractivity contribution in [1.82, 2.24) is 0 Å². The normalized spacial score (nSPS) is 6.55. The second kappa shape index (κ2) is 90.0. The number of Topliss-reactive ketones (excluding diaryl/α,β-unsaturated/α-hetero) is 2. The summed E-state index contributed by atoms with van der Waals surface area (Å²) < 4.78 is 17.5. The number of ketones is 2. The zero-order valence-corrected chi connectivity index (χ0v) is 22.7. The molecule has 0 atom stereocenters. The number of carbonyl (C=O) groups excluding carboxylic acids is 4. The molecule has 44 heavy (non-hydrogen) atoms. The molecule has 0 heterocycles. The van der Waals surface area contributed by atoms with Crippen LogP contribution in [-0.4, -0.2) is 65.2 Å². The number of hydrogen-bond donors (Lipinski definition) is 0. The van der Waals surface area contributed by atoms with E-state index in [1.54, 1.807) is 21.0 Å². The Morgan fingerprint density at radius 1 is 0.545 bits per heavy atom. The van der Waals surface area contributed by atoms with Crippen molar-refractivity contribution >= 4 is 23.5 Å². The third-order valence-corrected chi connectivity index (χ3v) is 3.78. The lowest BCUT2D eigenvalue weighted by Crippen LogP contribution is -2.22. The van der Waals surface area contributed by atoms with Crippen LogP contribution in [0.3, 0.4) is 0 Å². The molecular formula is C36H98O8. The summed E-state index contributed by atoms with van der Waals surface area (Å²) in [6.07, 6.45) is 3.60. The van der Waals surface area contributed by atoms with Gasteiger partial charge in [0.1, 0.15) is 12.4 Å². The van der Waals surface area contributed by atoms with Gasteiger partial charge in [-0.1, -0.05) is 131 Å². The van der Waals surface area contributed by atoms with E-state index in [0.29, 0.717) is 18.6 Å². The monoisotopic (exact) mass is 659 g/mol. The van der Waals surface area contributed by atoms with Crippen molar-refractivity contribution < 1.29 is 38.1 Å². The minimum Gasteiger partial charge on any atom is -0.469 e. The minimum absolute atomic E-state index is 0. The molecule has 0 aliphatic rings. The summed E-state index contributed by atoms with van der Waals surface area (Å²) in [6, 6.07) is 0. The third kappa shape index (κ3) is 125. The first-order valence-corrected chi connectivity index (χ1v) is 11.0. The summed E-state index contributed by atoms with van der Waals surface area (Å²) >= 11 is 0. The molecule has 0 saturated heterocycles.